The third kappa shape index (κ3) is 2.96. The lowest BCUT2D eigenvalue weighted by Gasteiger charge is -2.19. The van der Waals surface area contributed by atoms with E-state index in [1.54, 1.807) is 0 Å². The van der Waals surface area contributed by atoms with Crippen LogP contribution in [0.4, 0.5) is 0 Å². The van der Waals surface area contributed by atoms with E-state index in [1.165, 1.54) is 87.6 Å². The molecule has 0 atom stereocenters. The molecular formula is C40H24. The molecule has 0 nitrogen and oxygen atoms in total. The lowest BCUT2D eigenvalue weighted by atomic mass is 9.84. The fourth-order valence-electron chi connectivity index (χ4n) is 7.06. The van der Waals surface area contributed by atoms with Gasteiger partial charge in [-0.3, -0.25) is 0 Å². The van der Waals surface area contributed by atoms with Crippen LogP contribution in [0, 0.1) is 0 Å². The van der Waals surface area contributed by atoms with Crippen LogP contribution in [0.1, 0.15) is 0 Å². The van der Waals surface area contributed by atoms with E-state index in [0.29, 0.717) is 0 Å². The molecular weight excluding hydrogens is 480 g/mol. The van der Waals surface area contributed by atoms with E-state index < -0.39 is 0 Å². The average molecular weight is 505 g/mol. The summed E-state index contributed by atoms with van der Waals surface area (Å²) in [6.45, 7) is 0. The van der Waals surface area contributed by atoms with Gasteiger partial charge >= 0.3 is 0 Å². The van der Waals surface area contributed by atoms with Crippen LogP contribution >= 0.6 is 0 Å². The molecule has 0 aromatic heterocycles. The zero-order chi connectivity index (χ0) is 26.2. The SMILES string of the molecule is c1ccc2c(c1)-c1cccc3cc(-c4c5ccccc5c(-c5ccc6ccccc6c5)c5ccccc45)cc-2c13. The molecule has 184 valence electrons. The van der Waals surface area contributed by atoms with Crippen molar-refractivity contribution in [3.8, 4) is 44.5 Å². The highest BCUT2D eigenvalue weighted by Crippen LogP contribution is 2.50. The molecule has 0 radical (unpaired) electrons. The smallest absolute Gasteiger partial charge is 0.00259 e. The predicted molar refractivity (Wildman–Crippen MR) is 172 cm³/mol. The Morgan fingerprint density at radius 1 is 0.275 bits per heavy atom. The molecule has 0 aliphatic heterocycles. The Morgan fingerprint density at radius 3 is 1.48 bits per heavy atom. The highest BCUT2D eigenvalue weighted by atomic mass is 14.3. The summed E-state index contributed by atoms with van der Waals surface area (Å²) < 4.78 is 0. The Bertz CT molecular complexity index is 2260. The standard InChI is InChI=1S/C40H24/c1-2-11-26-22-28(21-20-25(26)10-1)38-33-15-5-7-17-35(33)40(36-18-8-6-16-34(36)38)29-23-27-12-9-19-32-30-13-3-4-14-31(30)37(24-29)39(27)32/h1-24H. The molecule has 0 spiro atoms. The molecule has 0 heterocycles. The first-order chi connectivity index (χ1) is 19.8. The van der Waals surface area contributed by atoms with E-state index in [9.17, 15) is 0 Å². The molecule has 0 amide bonds. The van der Waals surface area contributed by atoms with Crippen molar-refractivity contribution in [3.63, 3.8) is 0 Å². The Balaban J connectivity index is 1.40. The molecule has 0 N–H and O–H groups in total. The van der Waals surface area contributed by atoms with Gasteiger partial charge in [-0.05, 0) is 106 Å². The number of fused-ring (bicyclic) bond motifs is 6. The van der Waals surface area contributed by atoms with E-state index in [2.05, 4.69) is 146 Å². The molecule has 0 heteroatoms. The summed E-state index contributed by atoms with van der Waals surface area (Å²) in [6.07, 6.45) is 0. The fourth-order valence-corrected chi connectivity index (χ4v) is 7.06. The Labute approximate surface area is 232 Å². The van der Waals surface area contributed by atoms with E-state index in [4.69, 9.17) is 0 Å². The van der Waals surface area contributed by atoms with E-state index in [1.807, 2.05) is 0 Å². The van der Waals surface area contributed by atoms with Crippen LogP contribution in [-0.4, -0.2) is 0 Å². The second-order valence-corrected chi connectivity index (χ2v) is 10.9. The van der Waals surface area contributed by atoms with E-state index >= 15 is 0 Å². The first kappa shape index (κ1) is 21.7. The second kappa shape index (κ2) is 8.15. The summed E-state index contributed by atoms with van der Waals surface area (Å²) in [5, 5.41) is 10.4. The van der Waals surface area contributed by atoms with Gasteiger partial charge < -0.3 is 0 Å². The third-order valence-electron chi connectivity index (χ3n) is 8.74. The van der Waals surface area contributed by atoms with Crippen molar-refractivity contribution >= 4 is 43.1 Å². The third-order valence-corrected chi connectivity index (χ3v) is 8.74. The van der Waals surface area contributed by atoms with Gasteiger partial charge in [0.1, 0.15) is 0 Å². The number of rotatable bonds is 2. The normalized spacial score (nSPS) is 12.0. The number of hydrogen-bond acceptors (Lipinski definition) is 0. The highest BCUT2D eigenvalue weighted by Gasteiger charge is 2.23. The van der Waals surface area contributed by atoms with Gasteiger partial charge in [-0.15, -0.1) is 0 Å². The first-order valence-corrected chi connectivity index (χ1v) is 13.9. The molecule has 9 rings (SSSR count). The van der Waals surface area contributed by atoms with Crippen molar-refractivity contribution in [3.05, 3.63) is 146 Å². The van der Waals surface area contributed by atoms with Crippen molar-refractivity contribution in [2.75, 3.05) is 0 Å². The van der Waals surface area contributed by atoms with E-state index in [0.717, 1.165) is 0 Å². The Kier molecular flexibility index (Phi) is 4.42. The van der Waals surface area contributed by atoms with Crippen LogP contribution in [0.25, 0.3) is 87.6 Å². The van der Waals surface area contributed by atoms with Crippen LogP contribution in [0.15, 0.2) is 146 Å². The highest BCUT2D eigenvalue weighted by molar-refractivity contribution is 6.23. The monoisotopic (exact) mass is 504 g/mol. The maximum atomic E-state index is 2.43. The van der Waals surface area contributed by atoms with Gasteiger partial charge in [-0.2, -0.15) is 0 Å². The summed E-state index contributed by atoms with van der Waals surface area (Å²) in [5.74, 6) is 0. The molecule has 8 aromatic rings. The Morgan fingerprint density at radius 2 is 0.775 bits per heavy atom. The van der Waals surface area contributed by atoms with Gasteiger partial charge in [-0.1, -0.05) is 127 Å². The maximum Gasteiger partial charge on any atom is -0.00259 e. The summed E-state index contributed by atoms with van der Waals surface area (Å²) >= 11 is 0. The summed E-state index contributed by atoms with van der Waals surface area (Å²) in [5.41, 5.74) is 10.5. The quantitative estimate of drug-likeness (QED) is 0.205. The van der Waals surface area contributed by atoms with Crippen LogP contribution in [0.5, 0.6) is 0 Å². The topological polar surface area (TPSA) is 0 Å². The zero-order valence-electron chi connectivity index (χ0n) is 21.9. The van der Waals surface area contributed by atoms with Crippen LogP contribution in [0.3, 0.4) is 0 Å². The van der Waals surface area contributed by atoms with Crippen LogP contribution < -0.4 is 0 Å². The number of benzene rings is 8. The van der Waals surface area contributed by atoms with Gasteiger partial charge in [-0.25, -0.2) is 0 Å². The van der Waals surface area contributed by atoms with Gasteiger partial charge in [0.05, 0.1) is 0 Å². The largest absolute Gasteiger partial charge is 0.0616 e. The van der Waals surface area contributed by atoms with Gasteiger partial charge in [0.2, 0.25) is 0 Å². The molecule has 1 aliphatic carbocycles. The summed E-state index contributed by atoms with van der Waals surface area (Å²) in [6, 6.07) is 53.8. The van der Waals surface area contributed by atoms with Gasteiger partial charge in [0.25, 0.3) is 0 Å². The second-order valence-electron chi connectivity index (χ2n) is 10.9. The minimum absolute atomic E-state index is 1.26. The zero-order valence-corrected chi connectivity index (χ0v) is 21.9. The van der Waals surface area contributed by atoms with Crippen molar-refractivity contribution in [2.45, 2.75) is 0 Å². The average Bonchev–Trinajstić information content (AvgIpc) is 3.34. The molecule has 0 bridgehead atoms. The molecule has 40 heavy (non-hydrogen) atoms. The molecule has 0 fully saturated rings. The maximum absolute atomic E-state index is 2.43. The molecule has 0 saturated carbocycles. The fraction of sp³-hybridized carbons (Fsp3) is 0. The number of hydrogen-bond donors (Lipinski definition) is 0. The molecule has 1 aliphatic rings. The molecule has 0 saturated heterocycles. The van der Waals surface area contributed by atoms with Crippen LogP contribution in [-0.2, 0) is 0 Å². The lowest BCUT2D eigenvalue weighted by Crippen LogP contribution is -1.91. The van der Waals surface area contributed by atoms with Crippen LogP contribution in [0.2, 0.25) is 0 Å². The summed E-state index contributed by atoms with van der Waals surface area (Å²) in [4.78, 5) is 0. The minimum Gasteiger partial charge on any atom is -0.0616 e. The van der Waals surface area contributed by atoms with Crippen molar-refractivity contribution in [1.29, 1.82) is 0 Å². The lowest BCUT2D eigenvalue weighted by molar-refractivity contribution is 1.68. The molecule has 8 aromatic carbocycles. The van der Waals surface area contributed by atoms with Crippen molar-refractivity contribution < 1.29 is 0 Å². The van der Waals surface area contributed by atoms with Gasteiger partial charge in [0.15, 0.2) is 0 Å². The minimum atomic E-state index is 1.26. The van der Waals surface area contributed by atoms with Gasteiger partial charge in [0, 0.05) is 0 Å². The predicted octanol–water partition coefficient (Wildman–Crippen LogP) is 11.3. The first-order valence-electron chi connectivity index (χ1n) is 13.9. The summed E-state index contributed by atoms with van der Waals surface area (Å²) in [7, 11) is 0. The van der Waals surface area contributed by atoms with E-state index in [-0.39, 0.29) is 0 Å². The molecule has 0 unspecified atom stereocenters. The Hall–Kier alpha value is -5.20. The van der Waals surface area contributed by atoms with Crippen molar-refractivity contribution in [2.24, 2.45) is 0 Å². The van der Waals surface area contributed by atoms with Crippen molar-refractivity contribution in [1.82, 2.24) is 0 Å².